The van der Waals surface area contributed by atoms with Gasteiger partial charge in [-0.2, -0.15) is 0 Å². The molecule has 2 bridgehead atoms. The van der Waals surface area contributed by atoms with Crippen LogP contribution in [0.5, 0.6) is 0 Å². The van der Waals surface area contributed by atoms with Gasteiger partial charge >= 0.3 is 11.9 Å². The zero-order valence-electron chi connectivity index (χ0n) is 25.2. The van der Waals surface area contributed by atoms with Crippen LogP contribution in [-0.4, -0.2) is 104 Å². The highest BCUT2D eigenvalue weighted by molar-refractivity contribution is 5.87. The molecule has 0 saturated carbocycles. The van der Waals surface area contributed by atoms with Crippen molar-refractivity contribution in [1.29, 1.82) is 0 Å². The first kappa shape index (κ1) is 32.9. The highest BCUT2D eigenvalue weighted by atomic mass is 16.5. The summed E-state index contributed by atoms with van der Waals surface area (Å²) in [7, 11) is 2.64. The summed E-state index contributed by atoms with van der Waals surface area (Å²) in [4.78, 5) is 53.4. The average Bonchev–Trinajstić information content (AvgIpc) is 3.02. The minimum absolute atomic E-state index is 0.121. The zero-order valence-corrected chi connectivity index (χ0v) is 25.2. The lowest BCUT2D eigenvalue weighted by Gasteiger charge is -2.24. The van der Waals surface area contributed by atoms with E-state index in [1.165, 1.54) is 14.2 Å². The van der Waals surface area contributed by atoms with Crippen molar-refractivity contribution in [2.45, 2.75) is 26.2 Å². The topological polar surface area (TPSA) is 145 Å². The molecular weight excluding hydrogens is 570 g/mol. The third-order valence-electron chi connectivity index (χ3n) is 6.76. The van der Waals surface area contributed by atoms with Gasteiger partial charge in [-0.1, -0.05) is 12.1 Å². The molecular formula is C31H39N5O8. The highest BCUT2D eigenvalue weighted by Gasteiger charge is 2.16. The SMILES string of the molecule is COC(=O)c1cccc(CN2CCOCCOCCOCCN(Cc3cccc(C(=O)OC)n3)Cc3cc(=O)cc([nH]3)C2)n1. The molecule has 1 aliphatic heterocycles. The lowest BCUT2D eigenvalue weighted by atomic mass is 10.2. The van der Waals surface area contributed by atoms with E-state index in [2.05, 4.69) is 24.8 Å². The molecule has 0 saturated heterocycles. The number of aromatic nitrogens is 3. The fraction of sp³-hybridized carbons (Fsp3) is 0.452. The standard InChI is InChI=1S/C31H39N5O8/c1-40-30(38)28-7-3-5-23(33-28)19-35-9-11-42-13-15-44-16-14-43-12-10-36(22-26-18-27(37)17-25(21-35)32-26)20-24-6-4-8-29(34-24)31(39)41-2/h3-8,17-18H,9-16,19-22H2,1-2H3,(H,32,37). The van der Waals surface area contributed by atoms with E-state index >= 15 is 0 Å². The van der Waals surface area contributed by atoms with Gasteiger partial charge in [0.05, 0.1) is 65.2 Å². The summed E-state index contributed by atoms with van der Waals surface area (Å²) in [6.45, 7) is 5.39. The van der Waals surface area contributed by atoms with Crippen molar-refractivity contribution in [3.8, 4) is 0 Å². The van der Waals surface area contributed by atoms with Crippen LogP contribution in [0.2, 0.25) is 0 Å². The van der Waals surface area contributed by atoms with E-state index in [1.54, 1.807) is 36.4 Å². The molecule has 3 aromatic rings. The number of esters is 2. The number of hydrogen-bond donors (Lipinski definition) is 1. The molecule has 0 aromatic carbocycles. The van der Waals surface area contributed by atoms with Gasteiger partial charge in [-0.25, -0.2) is 19.6 Å². The van der Waals surface area contributed by atoms with Gasteiger partial charge in [-0.15, -0.1) is 0 Å². The van der Waals surface area contributed by atoms with Crippen molar-refractivity contribution in [2.75, 3.05) is 67.0 Å². The lowest BCUT2D eigenvalue weighted by molar-refractivity contribution is 0.00533. The number of carbonyl (C=O) groups is 2. The second kappa shape index (κ2) is 17.3. The summed E-state index contributed by atoms with van der Waals surface area (Å²) in [5.74, 6) is -1.01. The molecule has 0 spiro atoms. The van der Waals surface area contributed by atoms with E-state index in [0.717, 1.165) is 11.4 Å². The number of H-pyrrole nitrogens is 1. The van der Waals surface area contributed by atoms with Gasteiger partial charge < -0.3 is 28.7 Å². The minimum atomic E-state index is -0.505. The number of nitrogens with one attached hydrogen (secondary N) is 1. The second-order valence-corrected chi connectivity index (χ2v) is 10.1. The molecule has 4 rings (SSSR count). The average molecular weight is 610 g/mol. The van der Waals surface area contributed by atoms with Crippen LogP contribution in [-0.2, 0) is 49.9 Å². The fourth-order valence-corrected chi connectivity index (χ4v) is 4.70. The molecule has 1 N–H and O–H groups in total. The number of rotatable bonds is 6. The predicted molar refractivity (Wildman–Crippen MR) is 159 cm³/mol. The lowest BCUT2D eigenvalue weighted by Crippen LogP contribution is -2.31. The Hall–Kier alpha value is -4.01. The highest BCUT2D eigenvalue weighted by Crippen LogP contribution is 2.12. The molecule has 13 nitrogen and oxygen atoms in total. The van der Waals surface area contributed by atoms with Gasteiger partial charge in [0.15, 0.2) is 5.43 Å². The molecule has 0 atom stereocenters. The zero-order chi connectivity index (χ0) is 31.1. The van der Waals surface area contributed by atoms with Crippen LogP contribution >= 0.6 is 0 Å². The van der Waals surface area contributed by atoms with Crippen molar-refractivity contribution in [1.82, 2.24) is 24.8 Å². The Kier molecular flexibility index (Phi) is 13.0. The van der Waals surface area contributed by atoms with Crippen molar-refractivity contribution < 1.29 is 33.3 Å². The molecule has 236 valence electrons. The van der Waals surface area contributed by atoms with Gasteiger partial charge in [0.1, 0.15) is 11.4 Å². The molecule has 1 aliphatic rings. The first-order valence-corrected chi connectivity index (χ1v) is 14.4. The van der Waals surface area contributed by atoms with Crippen LogP contribution < -0.4 is 5.43 Å². The van der Waals surface area contributed by atoms with Gasteiger partial charge in [-0.05, 0) is 24.3 Å². The van der Waals surface area contributed by atoms with Gasteiger partial charge in [-0.3, -0.25) is 14.6 Å². The Labute approximate surface area is 256 Å². The van der Waals surface area contributed by atoms with Crippen molar-refractivity contribution in [3.05, 3.63) is 92.9 Å². The molecule has 4 heterocycles. The molecule has 0 aliphatic carbocycles. The van der Waals surface area contributed by atoms with E-state index in [9.17, 15) is 14.4 Å². The Morgan fingerprint density at radius 3 is 1.59 bits per heavy atom. The number of ether oxygens (including phenoxy) is 5. The fourth-order valence-electron chi connectivity index (χ4n) is 4.70. The first-order valence-electron chi connectivity index (χ1n) is 14.4. The van der Waals surface area contributed by atoms with E-state index < -0.39 is 11.9 Å². The number of pyridine rings is 3. The number of aromatic amines is 1. The van der Waals surface area contributed by atoms with Gasteiger partial charge in [0, 0.05) is 62.8 Å². The van der Waals surface area contributed by atoms with Crippen LogP contribution in [0.25, 0.3) is 0 Å². The maximum Gasteiger partial charge on any atom is 0.356 e. The number of carbonyl (C=O) groups excluding carboxylic acids is 2. The molecule has 0 radical (unpaired) electrons. The summed E-state index contributed by atoms with van der Waals surface area (Å²) in [6.07, 6.45) is 0. The smallest absolute Gasteiger partial charge is 0.356 e. The largest absolute Gasteiger partial charge is 0.464 e. The summed E-state index contributed by atoms with van der Waals surface area (Å²) in [5.41, 5.74) is 3.15. The maximum absolute atomic E-state index is 12.8. The van der Waals surface area contributed by atoms with Crippen LogP contribution in [0.15, 0.2) is 53.3 Å². The molecule has 44 heavy (non-hydrogen) atoms. The monoisotopic (exact) mass is 609 g/mol. The summed E-state index contributed by atoms with van der Waals surface area (Å²) in [5, 5.41) is 0. The maximum atomic E-state index is 12.8. The van der Waals surface area contributed by atoms with E-state index in [4.69, 9.17) is 23.7 Å². The van der Waals surface area contributed by atoms with Gasteiger partial charge in [0.2, 0.25) is 0 Å². The van der Waals surface area contributed by atoms with Crippen LogP contribution in [0.3, 0.4) is 0 Å². The first-order chi connectivity index (χ1) is 21.4. The Morgan fingerprint density at radius 1 is 0.727 bits per heavy atom. The normalized spacial score (nSPS) is 16.4. The van der Waals surface area contributed by atoms with Gasteiger partial charge in [0.25, 0.3) is 0 Å². The van der Waals surface area contributed by atoms with Crippen LogP contribution in [0, 0.1) is 0 Å². The summed E-state index contributed by atoms with van der Waals surface area (Å²) >= 11 is 0. The molecule has 13 heteroatoms. The molecule has 3 aromatic heterocycles. The quantitative estimate of drug-likeness (QED) is 0.407. The third-order valence-corrected chi connectivity index (χ3v) is 6.76. The second-order valence-electron chi connectivity index (χ2n) is 10.1. The number of methoxy groups -OCH3 is 2. The number of fused-ring (bicyclic) bond motifs is 2. The third kappa shape index (κ3) is 10.6. The van der Waals surface area contributed by atoms with Crippen molar-refractivity contribution >= 4 is 11.9 Å². The van der Waals surface area contributed by atoms with Crippen LogP contribution in [0.1, 0.15) is 43.8 Å². The Balaban J connectivity index is 1.56. The number of nitrogens with zero attached hydrogens (tertiary/aromatic N) is 4. The van der Waals surface area contributed by atoms with Crippen molar-refractivity contribution in [3.63, 3.8) is 0 Å². The molecule has 0 unspecified atom stereocenters. The van der Waals surface area contributed by atoms with Crippen molar-refractivity contribution in [2.24, 2.45) is 0 Å². The summed E-state index contributed by atoms with van der Waals surface area (Å²) in [6, 6.07) is 13.6. The predicted octanol–water partition coefficient (Wildman–Crippen LogP) is 1.81. The Bertz CT molecular complexity index is 1330. The van der Waals surface area contributed by atoms with E-state index in [0.29, 0.717) is 90.3 Å². The number of hydrogen-bond acceptors (Lipinski definition) is 12. The summed E-state index contributed by atoms with van der Waals surface area (Å²) < 4.78 is 26.9. The molecule has 0 amide bonds. The molecule has 0 fully saturated rings. The Morgan fingerprint density at radius 2 is 1.16 bits per heavy atom. The van der Waals surface area contributed by atoms with E-state index in [1.807, 2.05) is 12.1 Å². The van der Waals surface area contributed by atoms with E-state index in [-0.39, 0.29) is 16.8 Å². The van der Waals surface area contributed by atoms with Crippen LogP contribution in [0.4, 0.5) is 0 Å². The minimum Gasteiger partial charge on any atom is -0.464 e.